The molecule has 0 aliphatic heterocycles. The minimum atomic E-state index is -0.00241. The second kappa shape index (κ2) is 5.15. The van der Waals surface area contributed by atoms with Crippen molar-refractivity contribution in [3.63, 3.8) is 0 Å². The van der Waals surface area contributed by atoms with Gasteiger partial charge in [0.05, 0.1) is 0 Å². The van der Waals surface area contributed by atoms with Gasteiger partial charge in [0.2, 0.25) is 0 Å². The lowest BCUT2D eigenvalue weighted by Crippen LogP contribution is -2.23. The lowest BCUT2D eigenvalue weighted by atomic mass is 10.1. The molecule has 1 aromatic heterocycles. The van der Waals surface area contributed by atoms with Crippen LogP contribution in [0.3, 0.4) is 0 Å². The van der Waals surface area contributed by atoms with Crippen LogP contribution in [-0.4, -0.2) is 5.91 Å². The van der Waals surface area contributed by atoms with E-state index in [0.717, 1.165) is 22.3 Å². The highest BCUT2D eigenvalue weighted by Gasteiger charge is 2.08. The molecule has 0 spiro atoms. The van der Waals surface area contributed by atoms with Gasteiger partial charge in [-0.3, -0.25) is 4.79 Å². The van der Waals surface area contributed by atoms with Crippen molar-refractivity contribution in [2.75, 3.05) is 0 Å². The van der Waals surface area contributed by atoms with E-state index in [2.05, 4.69) is 5.32 Å². The summed E-state index contributed by atoms with van der Waals surface area (Å²) < 4.78 is 0. The number of aryl methyl sites for hydroxylation is 2. The summed E-state index contributed by atoms with van der Waals surface area (Å²) in [5, 5.41) is 7.00. The fraction of sp³-hybridized carbons (Fsp3) is 0.214. The first-order valence-corrected chi connectivity index (χ1v) is 6.47. The molecule has 1 heterocycles. The summed E-state index contributed by atoms with van der Waals surface area (Å²) in [6, 6.07) is 7.95. The second-order valence-electron chi connectivity index (χ2n) is 4.13. The number of nitrogens with one attached hydrogen (secondary N) is 1. The van der Waals surface area contributed by atoms with Gasteiger partial charge in [0.25, 0.3) is 5.91 Å². The van der Waals surface area contributed by atoms with E-state index in [4.69, 9.17) is 0 Å². The van der Waals surface area contributed by atoms with E-state index >= 15 is 0 Å². The van der Waals surface area contributed by atoms with Crippen molar-refractivity contribution >= 4 is 17.2 Å². The van der Waals surface area contributed by atoms with Crippen LogP contribution in [0, 0.1) is 13.8 Å². The summed E-state index contributed by atoms with van der Waals surface area (Å²) >= 11 is 1.64. The van der Waals surface area contributed by atoms with E-state index in [1.807, 2.05) is 48.9 Å². The molecule has 0 saturated carbocycles. The monoisotopic (exact) mass is 245 g/mol. The number of amides is 1. The van der Waals surface area contributed by atoms with Crippen LogP contribution in [0.15, 0.2) is 35.0 Å². The van der Waals surface area contributed by atoms with Gasteiger partial charge >= 0.3 is 0 Å². The Morgan fingerprint density at radius 2 is 2.12 bits per heavy atom. The Kier molecular flexibility index (Phi) is 3.59. The molecule has 2 rings (SSSR count). The van der Waals surface area contributed by atoms with Crippen LogP contribution in [-0.2, 0) is 6.54 Å². The molecule has 2 nitrogen and oxygen atoms in total. The van der Waals surface area contributed by atoms with Crippen molar-refractivity contribution in [2.24, 2.45) is 0 Å². The number of rotatable bonds is 3. The van der Waals surface area contributed by atoms with Gasteiger partial charge < -0.3 is 5.32 Å². The van der Waals surface area contributed by atoms with Crippen molar-refractivity contribution < 1.29 is 4.79 Å². The third-order valence-electron chi connectivity index (χ3n) is 2.67. The highest BCUT2D eigenvalue weighted by atomic mass is 32.1. The van der Waals surface area contributed by atoms with Crippen LogP contribution >= 0.6 is 11.3 Å². The summed E-state index contributed by atoms with van der Waals surface area (Å²) in [6.45, 7) is 4.55. The fourth-order valence-corrected chi connectivity index (χ4v) is 2.32. The Morgan fingerprint density at radius 3 is 2.82 bits per heavy atom. The Morgan fingerprint density at radius 1 is 1.29 bits per heavy atom. The Labute approximate surface area is 105 Å². The molecule has 0 atom stereocenters. The van der Waals surface area contributed by atoms with Crippen LogP contribution < -0.4 is 5.32 Å². The van der Waals surface area contributed by atoms with E-state index in [1.54, 1.807) is 11.3 Å². The molecule has 0 unspecified atom stereocenters. The largest absolute Gasteiger partial charge is 0.348 e. The molecule has 1 aromatic carbocycles. The van der Waals surface area contributed by atoms with Crippen molar-refractivity contribution in [2.45, 2.75) is 20.4 Å². The summed E-state index contributed by atoms with van der Waals surface area (Å²) in [4.78, 5) is 12.0. The smallest absolute Gasteiger partial charge is 0.251 e. The molecule has 3 heteroatoms. The van der Waals surface area contributed by atoms with Gasteiger partial charge in [0.15, 0.2) is 0 Å². The predicted octanol–water partition coefficient (Wildman–Crippen LogP) is 3.29. The maximum absolute atomic E-state index is 12.0. The molecule has 0 saturated heterocycles. The zero-order valence-electron chi connectivity index (χ0n) is 9.99. The number of thiophene rings is 1. The highest BCUT2D eigenvalue weighted by molar-refractivity contribution is 7.07. The van der Waals surface area contributed by atoms with Crippen molar-refractivity contribution in [1.82, 2.24) is 5.32 Å². The summed E-state index contributed by atoms with van der Waals surface area (Å²) in [5.41, 5.74) is 4.03. The summed E-state index contributed by atoms with van der Waals surface area (Å²) in [7, 11) is 0. The predicted molar refractivity (Wildman–Crippen MR) is 71.4 cm³/mol. The molecule has 1 amide bonds. The molecular weight excluding hydrogens is 230 g/mol. The first-order chi connectivity index (χ1) is 8.16. The average Bonchev–Trinajstić information content (AvgIpc) is 2.82. The van der Waals surface area contributed by atoms with Crippen molar-refractivity contribution in [3.05, 3.63) is 57.3 Å². The topological polar surface area (TPSA) is 29.1 Å². The molecule has 0 aliphatic carbocycles. The summed E-state index contributed by atoms with van der Waals surface area (Å²) in [5.74, 6) is -0.00241. The molecule has 17 heavy (non-hydrogen) atoms. The van der Waals surface area contributed by atoms with Crippen LogP contribution in [0.5, 0.6) is 0 Å². The van der Waals surface area contributed by atoms with Crippen molar-refractivity contribution in [1.29, 1.82) is 0 Å². The zero-order chi connectivity index (χ0) is 12.3. The van der Waals surface area contributed by atoms with Gasteiger partial charge in [-0.15, -0.1) is 0 Å². The Hall–Kier alpha value is -1.61. The minimum Gasteiger partial charge on any atom is -0.348 e. The van der Waals surface area contributed by atoms with E-state index in [1.165, 1.54) is 0 Å². The normalized spacial score (nSPS) is 10.2. The molecular formula is C14H15NOS. The van der Waals surface area contributed by atoms with Gasteiger partial charge in [0.1, 0.15) is 0 Å². The summed E-state index contributed by atoms with van der Waals surface area (Å²) in [6.07, 6.45) is 0. The molecule has 2 aromatic rings. The van der Waals surface area contributed by atoms with Gasteiger partial charge in [-0.05, 0) is 47.9 Å². The van der Waals surface area contributed by atoms with Crippen LogP contribution in [0.1, 0.15) is 27.0 Å². The number of carbonyl (C=O) groups is 1. The first-order valence-electron chi connectivity index (χ1n) is 5.53. The number of hydrogen-bond donors (Lipinski definition) is 1. The Balaban J connectivity index is 2.07. The third-order valence-corrected chi connectivity index (χ3v) is 3.40. The lowest BCUT2D eigenvalue weighted by molar-refractivity contribution is 0.0950. The molecule has 1 N–H and O–H groups in total. The van der Waals surface area contributed by atoms with E-state index in [9.17, 15) is 4.79 Å². The second-order valence-corrected chi connectivity index (χ2v) is 4.91. The highest BCUT2D eigenvalue weighted by Crippen LogP contribution is 2.11. The molecule has 0 fully saturated rings. The molecule has 0 bridgehead atoms. The van der Waals surface area contributed by atoms with Gasteiger partial charge in [0, 0.05) is 12.1 Å². The number of carbonyl (C=O) groups excluding carboxylic acids is 1. The SMILES string of the molecule is Cc1ccc(C)c(C(=O)NCc2ccsc2)c1. The zero-order valence-corrected chi connectivity index (χ0v) is 10.8. The van der Waals surface area contributed by atoms with Crippen LogP contribution in [0.4, 0.5) is 0 Å². The lowest BCUT2D eigenvalue weighted by Gasteiger charge is -2.07. The molecule has 0 aliphatic rings. The standard InChI is InChI=1S/C14H15NOS/c1-10-3-4-11(2)13(7-10)14(16)15-8-12-5-6-17-9-12/h3-7,9H,8H2,1-2H3,(H,15,16). The number of hydrogen-bond acceptors (Lipinski definition) is 2. The van der Waals surface area contributed by atoms with Crippen molar-refractivity contribution in [3.8, 4) is 0 Å². The maximum Gasteiger partial charge on any atom is 0.251 e. The maximum atomic E-state index is 12.0. The Bertz CT molecular complexity index is 517. The fourth-order valence-electron chi connectivity index (χ4n) is 1.65. The number of benzene rings is 1. The van der Waals surface area contributed by atoms with Gasteiger partial charge in [-0.25, -0.2) is 0 Å². The average molecular weight is 245 g/mol. The van der Waals surface area contributed by atoms with Crippen LogP contribution in [0.25, 0.3) is 0 Å². The van der Waals surface area contributed by atoms with Gasteiger partial charge in [-0.2, -0.15) is 11.3 Å². The first kappa shape index (κ1) is 11.9. The third kappa shape index (κ3) is 2.94. The minimum absolute atomic E-state index is 0.00241. The van der Waals surface area contributed by atoms with E-state index in [-0.39, 0.29) is 5.91 Å². The molecule has 88 valence electrons. The van der Waals surface area contributed by atoms with E-state index < -0.39 is 0 Å². The molecule has 0 radical (unpaired) electrons. The van der Waals surface area contributed by atoms with E-state index in [0.29, 0.717) is 6.54 Å². The van der Waals surface area contributed by atoms with Gasteiger partial charge in [-0.1, -0.05) is 17.7 Å². The van der Waals surface area contributed by atoms with Crippen LogP contribution in [0.2, 0.25) is 0 Å². The quantitative estimate of drug-likeness (QED) is 0.883.